The van der Waals surface area contributed by atoms with Gasteiger partial charge in [-0.3, -0.25) is 9.59 Å². The van der Waals surface area contributed by atoms with Crippen molar-refractivity contribution in [1.82, 2.24) is 4.90 Å². The first-order valence-corrected chi connectivity index (χ1v) is 3.47. The number of carbonyl (C=O) groups excluding carboxylic acids is 2. The molecule has 1 rings (SSSR count). The molecule has 0 aromatic rings. The van der Waals surface area contributed by atoms with Crippen molar-refractivity contribution in [3.8, 4) is 0 Å². The van der Waals surface area contributed by atoms with Gasteiger partial charge in [0.2, 0.25) is 5.91 Å². The van der Waals surface area contributed by atoms with E-state index < -0.39 is 0 Å². The molecule has 0 radical (unpaired) electrons. The Balaban J connectivity index is 2.30. The lowest BCUT2D eigenvalue weighted by Gasteiger charge is -2.36. The number of methoxy groups -OCH3 is 1. The minimum Gasteiger partial charge on any atom is -0.469 e. The van der Waals surface area contributed by atoms with E-state index in [1.54, 1.807) is 11.9 Å². The van der Waals surface area contributed by atoms with Crippen LogP contribution in [0, 0.1) is 0 Å². The predicted octanol–water partition coefficient (Wildman–Crippen LogP) is -0.220. The van der Waals surface area contributed by atoms with Gasteiger partial charge in [0, 0.05) is 13.5 Å². The number of carbonyl (C=O) groups is 2. The Bertz CT molecular complexity index is 190. The lowest BCUT2D eigenvalue weighted by molar-refractivity contribution is -0.150. The van der Waals surface area contributed by atoms with Crippen LogP contribution in [0.3, 0.4) is 0 Å². The second-order valence-electron chi connectivity index (χ2n) is 2.64. The molecule has 11 heavy (non-hydrogen) atoms. The summed E-state index contributed by atoms with van der Waals surface area (Å²) in [6.07, 6.45) is 0.796. The zero-order valence-corrected chi connectivity index (χ0v) is 6.66. The number of nitrogens with zero attached hydrogens (tertiary/aromatic N) is 1. The fourth-order valence-electron chi connectivity index (χ4n) is 1.06. The summed E-state index contributed by atoms with van der Waals surface area (Å²) in [5, 5.41) is 0. The molecule has 4 heteroatoms. The zero-order chi connectivity index (χ0) is 8.43. The van der Waals surface area contributed by atoms with Crippen molar-refractivity contribution >= 4 is 11.9 Å². The summed E-state index contributed by atoms with van der Waals surface area (Å²) in [7, 11) is 3.04. The van der Waals surface area contributed by atoms with Crippen LogP contribution in [0.5, 0.6) is 0 Å². The van der Waals surface area contributed by atoms with E-state index in [0.29, 0.717) is 12.8 Å². The third-order valence-corrected chi connectivity index (χ3v) is 1.98. The summed E-state index contributed by atoms with van der Waals surface area (Å²) in [6, 6.07) is 0.0648. The summed E-state index contributed by atoms with van der Waals surface area (Å²) < 4.78 is 4.46. The van der Waals surface area contributed by atoms with Crippen LogP contribution in [-0.2, 0) is 14.3 Å². The Morgan fingerprint density at radius 3 is 2.82 bits per heavy atom. The van der Waals surface area contributed by atoms with Gasteiger partial charge in [-0.2, -0.15) is 0 Å². The Hall–Kier alpha value is -1.06. The Labute approximate surface area is 65.1 Å². The molecule has 1 heterocycles. The number of rotatable bonds is 2. The highest BCUT2D eigenvalue weighted by atomic mass is 16.5. The van der Waals surface area contributed by atoms with E-state index in [1.165, 1.54) is 7.11 Å². The van der Waals surface area contributed by atoms with Gasteiger partial charge in [-0.15, -0.1) is 0 Å². The first kappa shape index (κ1) is 8.04. The Morgan fingerprint density at radius 2 is 2.45 bits per heavy atom. The lowest BCUT2D eigenvalue weighted by Crippen LogP contribution is -2.50. The van der Waals surface area contributed by atoms with Crippen molar-refractivity contribution in [2.75, 3.05) is 14.2 Å². The molecular weight excluding hydrogens is 146 g/mol. The summed E-state index contributed by atoms with van der Waals surface area (Å²) in [5.41, 5.74) is 0. The van der Waals surface area contributed by atoms with Crippen LogP contribution in [-0.4, -0.2) is 37.0 Å². The summed E-state index contributed by atoms with van der Waals surface area (Å²) in [5.74, 6) is -0.159. The van der Waals surface area contributed by atoms with E-state index in [9.17, 15) is 9.59 Å². The molecule has 0 aliphatic carbocycles. The highest BCUT2D eigenvalue weighted by Gasteiger charge is 2.34. The average molecular weight is 157 g/mol. The molecule has 4 nitrogen and oxygen atoms in total. The van der Waals surface area contributed by atoms with E-state index in [2.05, 4.69) is 4.74 Å². The summed E-state index contributed by atoms with van der Waals surface area (Å²) in [4.78, 5) is 23.0. The van der Waals surface area contributed by atoms with E-state index in [0.717, 1.165) is 0 Å². The molecule has 0 spiro atoms. The summed E-state index contributed by atoms with van der Waals surface area (Å²) in [6.45, 7) is 0. The van der Waals surface area contributed by atoms with Gasteiger partial charge in [0.15, 0.2) is 0 Å². The third kappa shape index (κ3) is 1.50. The van der Waals surface area contributed by atoms with Crippen molar-refractivity contribution < 1.29 is 14.3 Å². The van der Waals surface area contributed by atoms with Crippen LogP contribution in [0.1, 0.15) is 12.8 Å². The number of amides is 1. The van der Waals surface area contributed by atoms with E-state index in [4.69, 9.17) is 0 Å². The standard InChI is InChI=1S/C7H11NO3/c1-8-5(3-6(8)9)4-7(10)11-2/h5H,3-4H2,1-2H3. The predicted molar refractivity (Wildman–Crippen MR) is 37.8 cm³/mol. The van der Waals surface area contributed by atoms with Crippen LogP contribution in [0.4, 0.5) is 0 Å². The molecule has 1 fully saturated rings. The molecule has 1 amide bonds. The van der Waals surface area contributed by atoms with Crippen LogP contribution >= 0.6 is 0 Å². The molecule has 1 aliphatic heterocycles. The number of β-lactam (4-membered cyclic amide) rings is 1. The highest BCUT2D eigenvalue weighted by Crippen LogP contribution is 2.19. The average Bonchev–Trinajstić information content (AvgIpc) is 2.03. The van der Waals surface area contributed by atoms with Gasteiger partial charge < -0.3 is 9.64 Å². The molecule has 1 saturated heterocycles. The second kappa shape index (κ2) is 2.90. The van der Waals surface area contributed by atoms with Gasteiger partial charge in [0.05, 0.1) is 19.6 Å². The number of likely N-dealkylation sites (tertiary alicyclic amines) is 1. The maximum absolute atomic E-state index is 10.7. The molecule has 0 aromatic carbocycles. The largest absolute Gasteiger partial charge is 0.469 e. The van der Waals surface area contributed by atoms with Crippen molar-refractivity contribution in [3.63, 3.8) is 0 Å². The normalized spacial score (nSPS) is 22.9. The van der Waals surface area contributed by atoms with Crippen LogP contribution in [0.25, 0.3) is 0 Å². The van der Waals surface area contributed by atoms with Crippen molar-refractivity contribution in [1.29, 1.82) is 0 Å². The summed E-state index contributed by atoms with van der Waals surface area (Å²) >= 11 is 0. The van der Waals surface area contributed by atoms with Gasteiger partial charge in [0.1, 0.15) is 0 Å². The fraction of sp³-hybridized carbons (Fsp3) is 0.714. The maximum Gasteiger partial charge on any atom is 0.307 e. The van der Waals surface area contributed by atoms with Gasteiger partial charge in [-0.1, -0.05) is 0 Å². The van der Waals surface area contributed by atoms with E-state index in [1.807, 2.05) is 0 Å². The smallest absolute Gasteiger partial charge is 0.307 e. The third-order valence-electron chi connectivity index (χ3n) is 1.98. The Morgan fingerprint density at radius 1 is 1.82 bits per heavy atom. The number of ether oxygens (including phenoxy) is 1. The quantitative estimate of drug-likeness (QED) is 0.411. The second-order valence-corrected chi connectivity index (χ2v) is 2.64. The number of hydrogen-bond donors (Lipinski definition) is 0. The highest BCUT2D eigenvalue weighted by molar-refractivity contribution is 5.84. The van der Waals surface area contributed by atoms with Crippen molar-refractivity contribution in [2.45, 2.75) is 18.9 Å². The minimum atomic E-state index is -0.255. The molecule has 0 N–H and O–H groups in total. The van der Waals surface area contributed by atoms with Gasteiger partial charge in [-0.05, 0) is 0 Å². The van der Waals surface area contributed by atoms with Crippen LogP contribution in [0.2, 0.25) is 0 Å². The van der Waals surface area contributed by atoms with E-state index in [-0.39, 0.29) is 17.9 Å². The maximum atomic E-state index is 10.7. The molecule has 1 unspecified atom stereocenters. The van der Waals surface area contributed by atoms with Crippen molar-refractivity contribution in [3.05, 3.63) is 0 Å². The number of esters is 1. The van der Waals surface area contributed by atoms with Gasteiger partial charge >= 0.3 is 5.97 Å². The molecule has 62 valence electrons. The van der Waals surface area contributed by atoms with E-state index >= 15 is 0 Å². The molecule has 0 bridgehead atoms. The zero-order valence-electron chi connectivity index (χ0n) is 6.66. The first-order chi connectivity index (χ1) is 5.15. The van der Waals surface area contributed by atoms with Gasteiger partial charge in [-0.25, -0.2) is 0 Å². The molecular formula is C7H11NO3. The van der Waals surface area contributed by atoms with Crippen LogP contribution < -0.4 is 0 Å². The van der Waals surface area contributed by atoms with Crippen molar-refractivity contribution in [2.24, 2.45) is 0 Å². The number of hydrogen-bond acceptors (Lipinski definition) is 3. The molecule has 1 aliphatic rings. The van der Waals surface area contributed by atoms with Gasteiger partial charge in [0.25, 0.3) is 0 Å². The SMILES string of the molecule is COC(=O)CC1CC(=O)N1C. The Kier molecular flexibility index (Phi) is 2.12. The van der Waals surface area contributed by atoms with Crippen LogP contribution in [0.15, 0.2) is 0 Å². The molecule has 0 saturated carbocycles. The monoisotopic (exact) mass is 157 g/mol. The lowest BCUT2D eigenvalue weighted by atomic mass is 10.0. The molecule has 0 aromatic heterocycles. The first-order valence-electron chi connectivity index (χ1n) is 3.47. The minimum absolute atomic E-state index is 0.0648. The topological polar surface area (TPSA) is 46.6 Å². The molecule has 1 atom stereocenters. The fourth-order valence-corrected chi connectivity index (χ4v) is 1.06.